The number of fused-ring (bicyclic) bond motifs is 12. The summed E-state index contributed by atoms with van der Waals surface area (Å²) in [6.45, 7) is 0. The summed E-state index contributed by atoms with van der Waals surface area (Å²) in [4.78, 5) is 0. The first-order valence-electron chi connectivity index (χ1n) is 13.4. The van der Waals surface area contributed by atoms with Gasteiger partial charge >= 0.3 is 0 Å². The van der Waals surface area contributed by atoms with Gasteiger partial charge in [0.05, 0.1) is 3.57 Å². The van der Waals surface area contributed by atoms with Gasteiger partial charge < -0.3 is 17.7 Å². The highest BCUT2D eigenvalue weighted by Gasteiger charge is 2.17. The molecule has 194 valence electrons. The Bertz CT molecular complexity index is 2440. The summed E-state index contributed by atoms with van der Waals surface area (Å²) in [5, 5.41) is 9.17. The lowest BCUT2D eigenvalue weighted by Gasteiger charge is -1.95. The first-order chi connectivity index (χ1) is 20.2. The molecule has 41 heavy (non-hydrogen) atoms. The average molecular weight is 642 g/mol. The van der Waals surface area contributed by atoms with E-state index in [4.69, 9.17) is 17.7 Å². The zero-order valence-electron chi connectivity index (χ0n) is 21.5. The predicted octanol–water partition coefficient (Wildman–Crippen LogP) is 11.6. The molecule has 6 aromatic carbocycles. The molecule has 10 aromatic rings. The summed E-state index contributed by atoms with van der Waals surface area (Å²) in [7, 11) is 0. The minimum atomic E-state index is 0.873. The number of furan rings is 4. The van der Waals surface area contributed by atoms with E-state index in [-0.39, 0.29) is 0 Å². The number of benzene rings is 6. The van der Waals surface area contributed by atoms with Gasteiger partial charge in [0.1, 0.15) is 33.5 Å². The van der Waals surface area contributed by atoms with E-state index < -0.39 is 0 Å². The third-order valence-electron chi connectivity index (χ3n) is 7.83. The normalized spacial score (nSPS) is 12.0. The fourth-order valence-electron chi connectivity index (χ4n) is 5.94. The highest BCUT2D eigenvalue weighted by atomic mass is 127. The SMILES string of the molecule is Ic1c2oc3ccccc3c2cc2c1oc1ccccc12.c1ccc2c(c1)oc1cc3oc4ccccc4c3cc12. The second-order valence-electron chi connectivity index (χ2n) is 10.2. The van der Waals surface area contributed by atoms with Crippen LogP contribution in [0, 0.1) is 3.57 Å². The lowest BCUT2D eigenvalue weighted by Crippen LogP contribution is -1.75. The van der Waals surface area contributed by atoms with E-state index in [2.05, 4.69) is 59.0 Å². The van der Waals surface area contributed by atoms with E-state index in [1.165, 1.54) is 0 Å². The molecule has 0 bridgehead atoms. The number of rotatable bonds is 0. The van der Waals surface area contributed by atoms with E-state index in [1.54, 1.807) is 0 Å². The summed E-state index contributed by atoms with van der Waals surface area (Å²) in [5.41, 5.74) is 7.23. The quantitative estimate of drug-likeness (QED) is 0.155. The van der Waals surface area contributed by atoms with Gasteiger partial charge in [-0.1, -0.05) is 72.8 Å². The van der Waals surface area contributed by atoms with E-state index in [1.807, 2.05) is 78.9 Å². The molecule has 0 atom stereocenters. The Balaban J connectivity index is 0.000000117. The van der Waals surface area contributed by atoms with Crippen molar-refractivity contribution in [2.45, 2.75) is 0 Å². The molecule has 5 heteroatoms. The highest BCUT2D eigenvalue weighted by Crippen LogP contribution is 2.40. The van der Waals surface area contributed by atoms with Gasteiger partial charge in [-0.3, -0.25) is 0 Å². The smallest absolute Gasteiger partial charge is 0.152 e. The Hall–Kier alpha value is -4.75. The minimum absolute atomic E-state index is 0.873. The monoisotopic (exact) mass is 642 g/mol. The molecule has 4 heterocycles. The van der Waals surface area contributed by atoms with Crippen molar-refractivity contribution in [3.8, 4) is 0 Å². The fraction of sp³-hybridized carbons (Fsp3) is 0. The third-order valence-corrected chi connectivity index (χ3v) is 8.81. The molecule has 0 amide bonds. The first-order valence-corrected chi connectivity index (χ1v) is 14.4. The molecule has 4 nitrogen and oxygen atoms in total. The lowest BCUT2D eigenvalue weighted by atomic mass is 10.1. The van der Waals surface area contributed by atoms with Crippen LogP contribution in [0.4, 0.5) is 0 Å². The Morgan fingerprint density at radius 2 is 0.659 bits per heavy atom. The Morgan fingerprint density at radius 1 is 0.317 bits per heavy atom. The minimum Gasteiger partial charge on any atom is -0.456 e. The number of halogens is 1. The molecular formula is C36H19IO4. The fourth-order valence-corrected chi connectivity index (χ4v) is 6.74. The lowest BCUT2D eigenvalue weighted by molar-refractivity contribution is 0.652. The highest BCUT2D eigenvalue weighted by molar-refractivity contribution is 14.1. The van der Waals surface area contributed by atoms with Crippen LogP contribution in [-0.4, -0.2) is 0 Å². The molecule has 0 saturated carbocycles. The zero-order chi connectivity index (χ0) is 27.1. The molecule has 0 aliphatic rings. The van der Waals surface area contributed by atoms with E-state index in [9.17, 15) is 0 Å². The van der Waals surface area contributed by atoms with Crippen LogP contribution >= 0.6 is 22.6 Å². The van der Waals surface area contributed by atoms with Crippen LogP contribution in [0.25, 0.3) is 87.8 Å². The maximum atomic E-state index is 6.02. The van der Waals surface area contributed by atoms with Crippen molar-refractivity contribution in [2.75, 3.05) is 0 Å². The van der Waals surface area contributed by atoms with Gasteiger partial charge in [0, 0.05) is 49.2 Å². The van der Waals surface area contributed by atoms with Crippen molar-refractivity contribution in [3.63, 3.8) is 0 Å². The summed E-state index contributed by atoms with van der Waals surface area (Å²) in [5.74, 6) is 0. The van der Waals surface area contributed by atoms with Gasteiger partial charge in [0.15, 0.2) is 11.2 Å². The topological polar surface area (TPSA) is 52.6 Å². The predicted molar refractivity (Wildman–Crippen MR) is 175 cm³/mol. The van der Waals surface area contributed by atoms with Gasteiger partial charge in [-0.25, -0.2) is 0 Å². The molecule has 10 rings (SSSR count). The van der Waals surface area contributed by atoms with Crippen LogP contribution < -0.4 is 0 Å². The van der Waals surface area contributed by atoms with Crippen molar-refractivity contribution in [1.82, 2.24) is 0 Å². The van der Waals surface area contributed by atoms with Crippen molar-refractivity contribution in [2.24, 2.45) is 0 Å². The second-order valence-corrected chi connectivity index (χ2v) is 11.3. The van der Waals surface area contributed by atoms with Gasteiger partial charge in [-0.15, -0.1) is 0 Å². The van der Waals surface area contributed by atoms with Crippen LogP contribution in [0.5, 0.6) is 0 Å². The Labute approximate surface area is 245 Å². The molecule has 0 radical (unpaired) electrons. The molecule has 0 aliphatic carbocycles. The molecular weight excluding hydrogens is 623 g/mol. The van der Waals surface area contributed by atoms with E-state index in [0.717, 1.165) is 91.3 Å². The molecule has 0 fully saturated rings. The van der Waals surface area contributed by atoms with Crippen molar-refractivity contribution >= 4 is 110 Å². The van der Waals surface area contributed by atoms with Crippen LogP contribution in [0.3, 0.4) is 0 Å². The molecule has 0 saturated heterocycles. The molecule has 0 unspecified atom stereocenters. The standard InChI is InChI=1S/C18H9IO2.C18H10O2/c19-16-17-12(10-5-1-3-7-14(10)20-17)9-13-11-6-2-4-8-15(11)21-18(13)16;1-3-7-15-11(5-1)13-9-14-12-6-2-4-8-16(12)20-18(14)10-17(13)19-15/h1-9H;1-10H. The van der Waals surface area contributed by atoms with Crippen LogP contribution in [0.15, 0.2) is 133 Å². The van der Waals surface area contributed by atoms with Crippen LogP contribution in [-0.2, 0) is 0 Å². The van der Waals surface area contributed by atoms with Gasteiger partial charge in [0.2, 0.25) is 0 Å². The number of hydrogen-bond donors (Lipinski definition) is 0. The molecule has 0 aliphatic heterocycles. The Morgan fingerprint density at radius 3 is 1.10 bits per heavy atom. The van der Waals surface area contributed by atoms with Crippen molar-refractivity contribution < 1.29 is 17.7 Å². The largest absolute Gasteiger partial charge is 0.456 e. The summed E-state index contributed by atoms with van der Waals surface area (Å²) < 4.78 is 24.9. The van der Waals surface area contributed by atoms with Crippen molar-refractivity contribution in [3.05, 3.63) is 119 Å². The second kappa shape index (κ2) is 8.62. The molecule has 0 N–H and O–H groups in total. The van der Waals surface area contributed by atoms with Crippen LogP contribution in [0.2, 0.25) is 0 Å². The summed E-state index contributed by atoms with van der Waals surface area (Å²) in [6.07, 6.45) is 0. The Kier molecular flexibility index (Phi) is 4.84. The van der Waals surface area contributed by atoms with Crippen molar-refractivity contribution in [1.29, 1.82) is 0 Å². The van der Waals surface area contributed by atoms with Crippen LogP contribution in [0.1, 0.15) is 0 Å². The molecule has 0 spiro atoms. The summed E-state index contributed by atoms with van der Waals surface area (Å²) >= 11 is 2.32. The third kappa shape index (κ3) is 3.39. The maximum Gasteiger partial charge on any atom is 0.152 e. The average Bonchev–Trinajstić information content (AvgIpc) is 3.77. The number of hydrogen-bond acceptors (Lipinski definition) is 4. The number of para-hydroxylation sites is 4. The molecule has 4 aromatic heterocycles. The zero-order valence-corrected chi connectivity index (χ0v) is 23.6. The van der Waals surface area contributed by atoms with Gasteiger partial charge in [0.25, 0.3) is 0 Å². The van der Waals surface area contributed by atoms with Gasteiger partial charge in [-0.2, -0.15) is 0 Å². The summed E-state index contributed by atoms with van der Waals surface area (Å²) in [6, 6.07) is 38.9. The van der Waals surface area contributed by atoms with E-state index in [0.29, 0.717) is 0 Å². The maximum absolute atomic E-state index is 6.02. The first kappa shape index (κ1) is 23.0. The van der Waals surface area contributed by atoms with Gasteiger partial charge in [-0.05, 0) is 59.0 Å². The van der Waals surface area contributed by atoms with E-state index >= 15 is 0 Å².